The van der Waals surface area contributed by atoms with E-state index >= 15 is 0 Å². The van der Waals surface area contributed by atoms with E-state index in [9.17, 15) is 4.79 Å². The van der Waals surface area contributed by atoms with Crippen molar-refractivity contribution in [3.63, 3.8) is 0 Å². The zero-order valence-corrected chi connectivity index (χ0v) is 11.0. The molecule has 0 aromatic carbocycles. The summed E-state index contributed by atoms with van der Waals surface area (Å²) in [6.45, 7) is 6.56. The molecule has 0 aliphatic heterocycles. The van der Waals surface area contributed by atoms with Crippen molar-refractivity contribution in [2.24, 2.45) is 0 Å². The SMILES string of the molecule is CCN(CCC#N)C(C)C(=O)NCCCOC. The summed E-state index contributed by atoms with van der Waals surface area (Å²) in [5.74, 6) is 0.0147. The third kappa shape index (κ3) is 6.93. The van der Waals surface area contributed by atoms with E-state index in [2.05, 4.69) is 11.4 Å². The molecule has 1 atom stereocenters. The summed E-state index contributed by atoms with van der Waals surface area (Å²) < 4.78 is 4.91. The van der Waals surface area contributed by atoms with Gasteiger partial charge in [0.2, 0.25) is 5.91 Å². The highest BCUT2D eigenvalue weighted by molar-refractivity contribution is 5.81. The number of ether oxygens (including phenoxy) is 1. The molecule has 0 aromatic rings. The molecule has 0 aliphatic carbocycles. The lowest BCUT2D eigenvalue weighted by Gasteiger charge is -2.25. The molecule has 1 amide bonds. The van der Waals surface area contributed by atoms with Gasteiger partial charge >= 0.3 is 0 Å². The molecule has 0 aromatic heterocycles. The molecule has 0 heterocycles. The number of carbonyl (C=O) groups excluding carboxylic acids is 1. The third-order valence-electron chi connectivity index (χ3n) is 2.67. The van der Waals surface area contributed by atoms with Crippen LogP contribution in [-0.4, -0.2) is 50.2 Å². The summed E-state index contributed by atoms with van der Waals surface area (Å²) in [4.78, 5) is 13.8. The fourth-order valence-electron chi connectivity index (χ4n) is 1.56. The van der Waals surface area contributed by atoms with E-state index in [-0.39, 0.29) is 11.9 Å². The predicted molar refractivity (Wildman–Crippen MR) is 66.4 cm³/mol. The van der Waals surface area contributed by atoms with Crippen LogP contribution in [0.15, 0.2) is 0 Å². The van der Waals surface area contributed by atoms with Crippen LogP contribution in [0.25, 0.3) is 0 Å². The van der Waals surface area contributed by atoms with E-state index in [1.807, 2.05) is 18.7 Å². The number of nitrogens with zero attached hydrogens (tertiary/aromatic N) is 2. The molecule has 0 fully saturated rings. The van der Waals surface area contributed by atoms with Crippen LogP contribution in [0, 0.1) is 11.3 Å². The Morgan fingerprint density at radius 1 is 1.59 bits per heavy atom. The molecule has 0 radical (unpaired) electrons. The molecule has 17 heavy (non-hydrogen) atoms. The van der Waals surface area contributed by atoms with Crippen molar-refractivity contribution >= 4 is 5.91 Å². The maximum Gasteiger partial charge on any atom is 0.237 e. The van der Waals surface area contributed by atoms with Crippen LogP contribution >= 0.6 is 0 Å². The first-order chi connectivity index (χ1) is 8.17. The number of rotatable bonds is 9. The molecule has 0 spiro atoms. The molecule has 1 N–H and O–H groups in total. The van der Waals surface area contributed by atoms with Crippen molar-refractivity contribution in [2.75, 3.05) is 33.4 Å². The van der Waals surface area contributed by atoms with E-state index in [0.717, 1.165) is 13.0 Å². The molecule has 0 saturated heterocycles. The summed E-state index contributed by atoms with van der Waals surface area (Å²) in [6.07, 6.45) is 1.27. The van der Waals surface area contributed by atoms with E-state index in [1.54, 1.807) is 7.11 Å². The molecule has 5 heteroatoms. The Morgan fingerprint density at radius 2 is 2.29 bits per heavy atom. The van der Waals surface area contributed by atoms with Gasteiger partial charge in [-0.05, 0) is 19.9 Å². The molecule has 98 valence electrons. The van der Waals surface area contributed by atoms with Crippen LogP contribution in [0.3, 0.4) is 0 Å². The number of hydrogen-bond donors (Lipinski definition) is 1. The Balaban J connectivity index is 3.95. The number of hydrogen-bond acceptors (Lipinski definition) is 4. The van der Waals surface area contributed by atoms with Gasteiger partial charge in [-0.25, -0.2) is 0 Å². The summed E-state index contributed by atoms with van der Waals surface area (Å²) in [6, 6.07) is 1.91. The van der Waals surface area contributed by atoms with Gasteiger partial charge in [-0.2, -0.15) is 5.26 Å². The van der Waals surface area contributed by atoms with Crippen molar-refractivity contribution in [3.05, 3.63) is 0 Å². The van der Waals surface area contributed by atoms with Gasteiger partial charge in [-0.3, -0.25) is 9.69 Å². The number of nitrogens with one attached hydrogen (secondary N) is 1. The van der Waals surface area contributed by atoms with Crippen molar-refractivity contribution in [1.29, 1.82) is 5.26 Å². The lowest BCUT2D eigenvalue weighted by molar-refractivity contribution is -0.125. The van der Waals surface area contributed by atoms with Gasteiger partial charge in [0.1, 0.15) is 0 Å². The minimum atomic E-state index is -0.184. The first kappa shape index (κ1) is 15.9. The average Bonchev–Trinajstić information content (AvgIpc) is 2.35. The Bertz CT molecular complexity index is 251. The smallest absolute Gasteiger partial charge is 0.237 e. The van der Waals surface area contributed by atoms with Gasteiger partial charge in [0.25, 0.3) is 0 Å². The summed E-state index contributed by atoms with van der Waals surface area (Å²) in [7, 11) is 1.64. The van der Waals surface area contributed by atoms with Gasteiger partial charge in [0.05, 0.1) is 12.1 Å². The molecule has 0 saturated carbocycles. The first-order valence-electron chi connectivity index (χ1n) is 6.05. The molecule has 0 bridgehead atoms. The van der Waals surface area contributed by atoms with Gasteiger partial charge in [-0.1, -0.05) is 6.92 Å². The monoisotopic (exact) mass is 241 g/mol. The summed E-state index contributed by atoms with van der Waals surface area (Å²) in [5, 5.41) is 11.4. The Morgan fingerprint density at radius 3 is 2.82 bits per heavy atom. The number of nitriles is 1. The normalized spacial score (nSPS) is 12.2. The fourth-order valence-corrected chi connectivity index (χ4v) is 1.56. The lowest BCUT2D eigenvalue weighted by atomic mass is 10.2. The summed E-state index contributed by atoms with van der Waals surface area (Å²) >= 11 is 0. The van der Waals surface area contributed by atoms with E-state index in [4.69, 9.17) is 10.00 Å². The average molecular weight is 241 g/mol. The largest absolute Gasteiger partial charge is 0.385 e. The molecular formula is C12H23N3O2. The zero-order valence-electron chi connectivity index (χ0n) is 11.0. The van der Waals surface area contributed by atoms with Crippen molar-refractivity contribution in [1.82, 2.24) is 10.2 Å². The molecule has 0 aliphatic rings. The highest BCUT2D eigenvalue weighted by atomic mass is 16.5. The number of likely N-dealkylation sites (N-methyl/N-ethyl adjacent to an activating group) is 1. The third-order valence-corrected chi connectivity index (χ3v) is 2.67. The zero-order chi connectivity index (χ0) is 13.1. The van der Waals surface area contributed by atoms with Crippen molar-refractivity contribution < 1.29 is 9.53 Å². The Kier molecular flexibility index (Phi) is 9.40. The second-order valence-corrected chi connectivity index (χ2v) is 3.85. The van der Waals surface area contributed by atoms with Crippen LogP contribution in [0.5, 0.6) is 0 Å². The van der Waals surface area contributed by atoms with E-state index in [0.29, 0.717) is 26.1 Å². The quantitative estimate of drug-likeness (QED) is 0.605. The van der Waals surface area contributed by atoms with E-state index < -0.39 is 0 Å². The van der Waals surface area contributed by atoms with Crippen LogP contribution < -0.4 is 5.32 Å². The topological polar surface area (TPSA) is 65.4 Å². The second-order valence-electron chi connectivity index (χ2n) is 3.85. The summed E-state index contributed by atoms with van der Waals surface area (Å²) in [5.41, 5.74) is 0. The molecule has 5 nitrogen and oxygen atoms in total. The molecule has 1 unspecified atom stereocenters. The highest BCUT2D eigenvalue weighted by Gasteiger charge is 2.18. The standard InChI is InChI=1S/C12H23N3O2/c1-4-15(9-5-7-13)11(2)12(16)14-8-6-10-17-3/h11H,4-6,8-10H2,1-3H3,(H,14,16). The van der Waals surface area contributed by atoms with Crippen LogP contribution in [-0.2, 0) is 9.53 Å². The maximum absolute atomic E-state index is 11.8. The van der Waals surface area contributed by atoms with E-state index in [1.165, 1.54) is 0 Å². The van der Waals surface area contributed by atoms with Crippen LogP contribution in [0.2, 0.25) is 0 Å². The Hall–Kier alpha value is -1.12. The van der Waals surface area contributed by atoms with Gasteiger partial charge in [-0.15, -0.1) is 0 Å². The Labute approximate surface area is 104 Å². The lowest BCUT2D eigenvalue weighted by Crippen LogP contribution is -2.45. The second kappa shape index (κ2) is 10.1. The minimum absolute atomic E-state index is 0.0147. The van der Waals surface area contributed by atoms with Crippen LogP contribution in [0.4, 0.5) is 0 Å². The number of amides is 1. The molecular weight excluding hydrogens is 218 g/mol. The molecule has 0 rings (SSSR count). The van der Waals surface area contributed by atoms with Gasteiger partial charge in [0, 0.05) is 33.2 Å². The minimum Gasteiger partial charge on any atom is -0.385 e. The number of methoxy groups -OCH3 is 1. The van der Waals surface area contributed by atoms with Gasteiger partial charge in [0.15, 0.2) is 0 Å². The highest BCUT2D eigenvalue weighted by Crippen LogP contribution is 2.00. The van der Waals surface area contributed by atoms with Crippen molar-refractivity contribution in [2.45, 2.75) is 32.7 Å². The van der Waals surface area contributed by atoms with Crippen molar-refractivity contribution in [3.8, 4) is 6.07 Å². The van der Waals surface area contributed by atoms with Gasteiger partial charge < -0.3 is 10.1 Å². The fraction of sp³-hybridized carbons (Fsp3) is 0.833. The number of carbonyl (C=O) groups is 1. The maximum atomic E-state index is 11.8. The van der Waals surface area contributed by atoms with Crippen LogP contribution in [0.1, 0.15) is 26.7 Å². The first-order valence-corrected chi connectivity index (χ1v) is 6.05. The predicted octanol–water partition coefficient (Wildman–Crippen LogP) is 0.763.